The second kappa shape index (κ2) is 3.33. The first-order valence-corrected chi connectivity index (χ1v) is 5.03. The lowest BCUT2D eigenvalue weighted by Gasteiger charge is -1.97. The molecule has 0 aromatic carbocycles. The number of anilines is 1. The SMILES string of the molecule is CC1CSC(c2cncc(N)n2)=N1. The normalized spacial score (nSPS) is 21.6. The highest BCUT2D eigenvalue weighted by Crippen LogP contribution is 2.21. The van der Waals surface area contributed by atoms with Crippen molar-refractivity contribution >= 4 is 22.6 Å². The van der Waals surface area contributed by atoms with Gasteiger partial charge in [-0.15, -0.1) is 11.8 Å². The molecule has 0 radical (unpaired) electrons. The summed E-state index contributed by atoms with van der Waals surface area (Å²) in [6, 6.07) is 0.378. The summed E-state index contributed by atoms with van der Waals surface area (Å²) in [6.45, 7) is 2.08. The lowest BCUT2D eigenvalue weighted by Crippen LogP contribution is -2.01. The summed E-state index contributed by atoms with van der Waals surface area (Å²) in [5.74, 6) is 1.46. The number of thioether (sulfide) groups is 1. The molecule has 0 bridgehead atoms. The van der Waals surface area contributed by atoms with Crippen LogP contribution < -0.4 is 5.73 Å². The van der Waals surface area contributed by atoms with Crippen LogP contribution in [0, 0.1) is 0 Å². The predicted molar refractivity (Wildman–Crippen MR) is 54.9 cm³/mol. The molecule has 0 saturated carbocycles. The summed E-state index contributed by atoms with van der Waals surface area (Å²) < 4.78 is 0. The maximum Gasteiger partial charge on any atom is 0.142 e. The molecule has 0 saturated heterocycles. The van der Waals surface area contributed by atoms with E-state index in [1.165, 1.54) is 6.20 Å². The van der Waals surface area contributed by atoms with Gasteiger partial charge in [0.25, 0.3) is 0 Å². The van der Waals surface area contributed by atoms with Gasteiger partial charge in [-0.1, -0.05) is 0 Å². The summed E-state index contributed by atoms with van der Waals surface area (Å²) in [7, 11) is 0. The summed E-state index contributed by atoms with van der Waals surface area (Å²) >= 11 is 1.70. The molecule has 2 heterocycles. The number of nitrogens with zero attached hydrogens (tertiary/aromatic N) is 3. The minimum Gasteiger partial charge on any atom is -0.382 e. The van der Waals surface area contributed by atoms with Crippen LogP contribution in [0.25, 0.3) is 0 Å². The molecule has 4 nitrogen and oxygen atoms in total. The van der Waals surface area contributed by atoms with Crippen molar-refractivity contribution in [2.45, 2.75) is 13.0 Å². The van der Waals surface area contributed by atoms with Gasteiger partial charge in [0, 0.05) is 5.75 Å². The minimum atomic E-state index is 0.378. The van der Waals surface area contributed by atoms with E-state index in [1.807, 2.05) is 0 Å². The fourth-order valence-corrected chi connectivity index (χ4v) is 2.07. The van der Waals surface area contributed by atoms with Crippen LogP contribution in [0.3, 0.4) is 0 Å². The van der Waals surface area contributed by atoms with Gasteiger partial charge in [0.15, 0.2) is 0 Å². The van der Waals surface area contributed by atoms with E-state index < -0.39 is 0 Å². The second-order valence-electron chi connectivity index (χ2n) is 2.92. The van der Waals surface area contributed by atoms with Crippen LogP contribution in [-0.2, 0) is 0 Å². The molecule has 68 valence electrons. The summed E-state index contributed by atoms with van der Waals surface area (Å²) in [5, 5.41) is 0.951. The third-order valence-corrected chi connectivity index (χ3v) is 2.91. The molecule has 1 aromatic rings. The molecule has 0 amide bonds. The third kappa shape index (κ3) is 1.80. The van der Waals surface area contributed by atoms with E-state index >= 15 is 0 Å². The molecule has 0 fully saturated rings. The Balaban J connectivity index is 2.31. The zero-order chi connectivity index (χ0) is 9.26. The van der Waals surface area contributed by atoms with E-state index in [9.17, 15) is 0 Å². The summed E-state index contributed by atoms with van der Waals surface area (Å²) in [4.78, 5) is 12.5. The number of nitrogens with two attached hydrogens (primary N) is 1. The van der Waals surface area contributed by atoms with E-state index in [4.69, 9.17) is 5.73 Å². The number of aliphatic imine (C=N–C) groups is 1. The van der Waals surface area contributed by atoms with Gasteiger partial charge in [-0.3, -0.25) is 9.98 Å². The first-order valence-electron chi connectivity index (χ1n) is 4.04. The van der Waals surface area contributed by atoms with Crippen molar-refractivity contribution in [3.63, 3.8) is 0 Å². The van der Waals surface area contributed by atoms with Crippen molar-refractivity contribution in [2.24, 2.45) is 4.99 Å². The number of hydrogen-bond acceptors (Lipinski definition) is 5. The van der Waals surface area contributed by atoms with Crippen LogP contribution in [-0.4, -0.2) is 26.8 Å². The van der Waals surface area contributed by atoms with Crippen molar-refractivity contribution in [1.82, 2.24) is 9.97 Å². The maximum absolute atomic E-state index is 5.52. The first kappa shape index (κ1) is 8.50. The molecule has 1 aliphatic rings. The molecule has 0 spiro atoms. The van der Waals surface area contributed by atoms with Gasteiger partial charge in [-0.2, -0.15) is 0 Å². The van der Waals surface area contributed by atoms with E-state index in [0.29, 0.717) is 11.9 Å². The Morgan fingerprint density at radius 2 is 2.38 bits per heavy atom. The molecular formula is C8H10N4S. The largest absolute Gasteiger partial charge is 0.382 e. The van der Waals surface area contributed by atoms with Crippen LogP contribution in [0.15, 0.2) is 17.4 Å². The van der Waals surface area contributed by atoms with Crippen molar-refractivity contribution in [3.8, 4) is 0 Å². The quantitative estimate of drug-likeness (QED) is 0.722. The van der Waals surface area contributed by atoms with E-state index in [2.05, 4.69) is 21.9 Å². The predicted octanol–water partition coefficient (Wildman–Crippen LogP) is 0.941. The molecule has 13 heavy (non-hydrogen) atoms. The molecule has 1 atom stereocenters. The molecule has 1 aromatic heterocycles. The van der Waals surface area contributed by atoms with Crippen LogP contribution in [0.5, 0.6) is 0 Å². The van der Waals surface area contributed by atoms with Crippen LogP contribution >= 0.6 is 11.8 Å². The van der Waals surface area contributed by atoms with Gasteiger partial charge in [-0.05, 0) is 6.92 Å². The molecule has 0 aliphatic carbocycles. The van der Waals surface area contributed by atoms with Crippen molar-refractivity contribution < 1.29 is 0 Å². The Labute approximate surface area is 80.7 Å². The third-order valence-electron chi connectivity index (χ3n) is 1.67. The maximum atomic E-state index is 5.52. The highest BCUT2D eigenvalue weighted by atomic mass is 32.2. The van der Waals surface area contributed by atoms with Crippen molar-refractivity contribution in [1.29, 1.82) is 0 Å². The lowest BCUT2D eigenvalue weighted by atomic mass is 10.4. The van der Waals surface area contributed by atoms with Crippen LogP contribution in [0.2, 0.25) is 0 Å². The summed E-state index contributed by atoms with van der Waals surface area (Å²) in [6.07, 6.45) is 3.23. The fraction of sp³-hybridized carbons (Fsp3) is 0.375. The lowest BCUT2D eigenvalue weighted by molar-refractivity contribution is 0.864. The molecule has 1 aliphatic heterocycles. The van der Waals surface area contributed by atoms with Gasteiger partial charge in [0.2, 0.25) is 0 Å². The van der Waals surface area contributed by atoms with Gasteiger partial charge in [-0.25, -0.2) is 4.98 Å². The van der Waals surface area contributed by atoms with Crippen molar-refractivity contribution in [3.05, 3.63) is 18.1 Å². The second-order valence-corrected chi connectivity index (χ2v) is 3.93. The summed E-state index contributed by atoms with van der Waals surface area (Å²) in [5.41, 5.74) is 6.31. The molecular weight excluding hydrogens is 184 g/mol. The van der Waals surface area contributed by atoms with E-state index in [1.54, 1.807) is 18.0 Å². The van der Waals surface area contributed by atoms with Gasteiger partial charge in [0.05, 0.1) is 18.4 Å². The number of nitrogen functional groups attached to an aromatic ring is 1. The Morgan fingerprint density at radius 1 is 1.54 bits per heavy atom. The van der Waals surface area contributed by atoms with Crippen molar-refractivity contribution in [2.75, 3.05) is 11.5 Å². The molecule has 2 N–H and O–H groups in total. The Hall–Kier alpha value is -1.10. The fourth-order valence-electron chi connectivity index (χ4n) is 1.10. The highest BCUT2D eigenvalue weighted by Gasteiger charge is 2.16. The average Bonchev–Trinajstić information content (AvgIpc) is 2.52. The zero-order valence-corrected chi connectivity index (χ0v) is 8.08. The standard InChI is InChI=1S/C8H10N4S/c1-5-4-13-8(11-5)6-2-10-3-7(9)12-6/h2-3,5H,4H2,1H3,(H2,9,12). The first-order chi connectivity index (χ1) is 6.25. The van der Waals surface area contributed by atoms with Gasteiger partial charge >= 0.3 is 0 Å². The Kier molecular flexibility index (Phi) is 2.18. The topological polar surface area (TPSA) is 64.2 Å². The van der Waals surface area contributed by atoms with E-state index in [0.717, 1.165) is 16.5 Å². The van der Waals surface area contributed by atoms with Crippen LogP contribution in [0.4, 0.5) is 5.82 Å². The van der Waals surface area contributed by atoms with Gasteiger partial charge < -0.3 is 5.73 Å². The van der Waals surface area contributed by atoms with Crippen LogP contribution in [0.1, 0.15) is 12.6 Å². The molecule has 1 unspecified atom stereocenters. The average molecular weight is 194 g/mol. The number of aromatic nitrogens is 2. The zero-order valence-electron chi connectivity index (χ0n) is 7.27. The monoisotopic (exact) mass is 194 g/mol. The highest BCUT2D eigenvalue weighted by molar-refractivity contribution is 8.14. The molecule has 2 rings (SSSR count). The number of rotatable bonds is 1. The number of hydrogen-bond donors (Lipinski definition) is 1. The molecule has 5 heteroatoms. The Morgan fingerprint density at radius 3 is 3.00 bits per heavy atom. The minimum absolute atomic E-state index is 0.378. The Bertz CT molecular complexity index is 350. The van der Waals surface area contributed by atoms with Gasteiger partial charge in [0.1, 0.15) is 16.6 Å². The van der Waals surface area contributed by atoms with E-state index in [-0.39, 0.29) is 0 Å². The smallest absolute Gasteiger partial charge is 0.142 e.